The molecule has 2 unspecified atom stereocenters. The Hall–Kier alpha value is -1.36. The van der Waals surface area contributed by atoms with Crippen LogP contribution in [0, 0.1) is 12.8 Å². The second-order valence-corrected chi connectivity index (χ2v) is 4.94. The highest BCUT2D eigenvalue weighted by Gasteiger charge is 2.35. The van der Waals surface area contributed by atoms with E-state index in [1.165, 1.54) is 12.6 Å². The number of amides is 1. The molecule has 2 atom stereocenters. The minimum atomic E-state index is 0.0518. The van der Waals surface area contributed by atoms with Crippen molar-refractivity contribution in [1.29, 1.82) is 0 Å². The third-order valence-electron chi connectivity index (χ3n) is 3.95. The molecule has 3 rings (SSSR count). The van der Waals surface area contributed by atoms with Crippen molar-refractivity contribution < 1.29 is 9.32 Å². The average molecular weight is 235 g/mol. The van der Waals surface area contributed by atoms with Crippen molar-refractivity contribution in [2.24, 2.45) is 5.92 Å². The van der Waals surface area contributed by atoms with Crippen LogP contribution in [-0.2, 0) is 0 Å². The van der Waals surface area contributed by atoms with E-state index in [0.29, 0.717) is 17.4 Å². The van der Waals surface area contributed by atoms with Crippen LogP contribution >= 0.6 is 0 Å². The van der Waals surface area contributed by atoms with Gasteiger partial charge in [-0.05, 0) is 32.2 Å². The Labute approximate surface area is 100 Å². The molecule has 5 heteroatoms. The molecular weight excluding hydrogens is 218 g/mol. The van der Waals surface area contributed by atoms with Crippen LogP contribution in [0.4, 0.5) is 0 Å². The van der Waals surface area contributed by atoms with E-state index in [9.17, 15) is 4.79 Å². The summed E-state index contributed by atoms with van der Waals surface area (Å²) < 4.78 is 4.95. The first-order valence-electron chi connectivity index (χ1n) is 6.19. The largest absolute Gasteiger partial charge is 0.361 e. The number of carbonyl (C=O) groups is 1. The van der Waals surface area contributed by atoms with E-state index in [4.69, 9.17) is 4.52 Å². The number of nitrogens with one attached hydrogen (secondary N) is 1. The van der Waals surface area contributed by atoms with E-state index in [-0.39, 0.29) is 5.91 Å². The zero-order chi connectivity index (χ0) is 11.8. The van der Waals surface area contributed by atoms with Gasteiger partial charge in [-0.3, -0.25) is 4.79 Å². The molecule has 0 saturated carbocycles. The lowest BCUT2D eigenvalue weighted by Crippen LogP contribution is -2.48. The van der Waals surface area contributed by atoms with Crippen molar-refractivity contribution in [2.75, 3.05) is 19.6 Å². The number of nitrogens with zero attached hydrogens (tertiary/aromatic N) is 2. The Balaban J connectivity index is 1.73. The van der Waals surface area contributed by atoms with Crippen LogP contribution in [0.15, 0.2) is 10.7 Å². The third kappa shape index (κ3) is 1.84. The highest BCUT2D eigenvalue weighted by Crippen LogP contribution is 2.26. The molecule has 0 bridgehead atoms. The van der Waals surface area contributed by atoms with Crippen molar-refractivity contribution in [3.8, 4) is 0 Å². The van der Waals surface area contributed by atoms with Crippen molar-refractivity contribution in [3.05, 3.63) is 17.5 Å². The molecule has 2 aliphatic heterocycles. The van der Waals surface area contributed by atoms with E-state index in [2.05, 4.69) is 10.5 Å². The van der Waals surface area contributed by atoms with E-state index in [1.54, 1.807) is 6.92 Å². The minimum absolute atomic E-state index is 0.0518. The van der Waals surface area contributed by atoms with Crippen LogP contribution in [0.1, 0.15) is 29.0 Å². The van der Waals surface area contributed by atoms with Gasteiger partial charge in [0.05, 0.1) is 6.20 Å². The summed E-state index contributed by atoms with van der Waals surface area (Å²) in [5.41, 5.74) is 0.599. The van der Waals surface area contributed by atoms with Gasteiger partial charge in [0.25, 0.3) is 5.91 Å². The monoisotopic (exact) mass is 235 g/mol. The quantitative estimate of drug-likeness (QED) is 0.782. The van der Waals surface area contributed by atoms with Crippen LogP contribution in [0.25, 0.3) is 0 Å². The summed E-state index contributed by atoms with van der Waals surface area (Å²) in [6.45, 7) is 4.53. The van der Waals surface area contributed by atoms with Crippen LogP contribution < -0.4 is 5.32 Å². The average Bonchev–Trinajstić information content (AvgIpc) is 2.95. The minimum Gasteiger partial charge on any atom is -0.361 e. The van der Waals surface area contributed by atoms with Gasteiger partial charge in [-0.25, -0.2) is 0 Å². The molecule has 1 amide bonds. The van der Waals surface area contributed by atoms with Crippen molar-refractivity contribution >= 4 is 5.91 Å². The highest BCUT2D eigenvalue weighted by atomic mass is 16.5. The smallest absolute Gasteiger partial charge is 0.259 e. The molecule has 0 spiro atoms. The molecule has 1 aromatic heterocycles. The first kappa shape index (κ1) is 10.8. The summed E-state index contributed by atoms with van der Waals surface area (Å²) >= 11 is 0. The van der Waals surface area contributed by atoms with Crippen LogP contribution in [0.5, 0.6) is 0 Å². The molecule has 1 N–H and O–H groups in total. The number of hydrogen-bond acceptors (Lipinski definition) is 4. The van der Waals surface area contributed by atoms with Crippen LogP contribution in [-0.4, -0.2) is 41.6 Å². The molecule has 2 aliphatic rings. The fourth-order valence-electron chi connectivity index (χ4n) is 2.89. The topological polar surface area (TPSA) is 58.4 Å². The van der Waals surface area contributed by atoms with Gasteiger partial charge >= 0.3 is 0 Å². The van der Waals surface area contributed by atoms with E-state index >= 15 is 0 Å². The summed E-state index contributed by atoms with van der Waals surface area (Å²) in [5.74, 6) is 1.41. The molecule has 3 heterocycles. The Morgan fingerprint density at radius 2 is 2.47 bits per heavy atom. The predicted molar refractivity (Wildman–Crippen MR) is 61.7 cm³/mol. The second-order valence-electron chi connectivity index (χ2n) is 4.94. The number of fused-ring (bicyclic) bond motifs is 1. The molecule has 2 fully saturated rings. The lowest BCUT2D eigenvalue weighted by molar-refractivity contribution is 0.0667. The van der Waals surface area contributed by atoms with Gasteiger partial charge in [0.2, 0.25) is 0 Å². The number of hydrogen-bond donors (Lipinski definition) is 1. The molecular formula is C12H17N3O2. The van der Waals surface area contributed by atoms with Gasteiger partial charge in [-0.15, -0.1) is 0 Å². The lowest BCUT2D eigenvalue weighted by atomic mass is 9.92. The molecule has 2 saturated heterocycles. The first-order valence-corrected chi connectivity index (χ1v) is 6.19. The maximum atomic E-state index is 12.3. The van der Waals surface area contributed by atoms with Crippen molar-refractivity contribution in [2.45, 2.75) is 25.8 Å². The predicted octanol–water partition coefficient (Wildman–Crippen LogP) is 0.807. The molecule has 17 heavy (non-hydrogen) atoms. The van der Waals surface area contributed by atoms with Gasteiger partial charge in [-0.1, -0.05) is 5.16 Å². The molecule has 0 aromatic carbocycles. The maximum Gasteiger partial charge on any atom is 0.259 e. The van der Waals surface area contributed by atoms with Gasteiger partial charge in [0.15, 0.2) is 0 Å². The van der Waals surface area contributed by atoms with Gasteiger partial charge in [0, 0.05) is 19.1 Å². The lowest BCUT2D eigenvalue weighted by Gasteiger charge is -2.34. The Bertz CT molecular complexity index is 429. The number of piperidine rings is 1. The van der Waals surface area contributed by atoms with Gasteiger partial charge < -0.3 is 14.7 Å². The fourth-order valence-corrected chi connectivity index (χ4v) is 2.89. The number of rotatable bonds is 1. The zero-order valence-corrected chi connectivity index (χ0v) is 9.98. The highest BCUT2D eigenvalue weighted by molar-refractivity contribution is 5.94. The van der Waals surface area contributed by atoms with Crippen LogP contribution in [0.2, 0.25) is 0 Å². The summed E-state index contributed by atoms with van der Waals surface area (Å²) in [6.07, 6.45) is 3.87. The van der Waals surface area contributed by atoms with Gasteiger partial charge in [-0.2, -0.15) is 0 Å². The fraction of sp³-hybridized carbons (Fsp3) is 0.667. The Morgan fingerprint density at radius 1 is 1.59 bits per heavy atom. The maximum absolute atomic E-state index is 12.3. The van der Waals surface area contributed by atoms with E-state index in [0.717, 1.165) is 32.0 Å². The number of aromatic nitrogens is 1. The van der Waals surface area contributed by atoms with E-state index in [1.807, 2.05) is 4.90 Å². The first-order chi connectivity index (χ1) is 8.25. The van der Waals surface area contributed by atoms with Crippen molar-refractivity contribution in [1.82, 2.24) is 15.4 Å². The molecule has 0 radical (unpaired) electrons. The number of aryl methyl sites for hydroxylation is 1. The third-order valence-corrected chi connectivity index (χ3v) is 3.95. The summed E-state index contributed by atoms with van der Waals surface area (Å²) in [5, 5.41) is 7.14. The SMILES string of the molecule is Cc1oncc1C(=O)N1CCC2CCNC2C1. The molecule has 0 aliphatic carbocycles. The Morgan fingerprint density at radius 3 is 3.24 bits per heavy atom. The van der Waals surface area contributed by atoms with E-state index < -0.39 is 0 Å². The zero-order valence-electron chi connectivity index (χ0n) is 9.98. The van der Waals surface area contributed by atoms with Crippen molar-refractivity contribution in [3.63, 3.8) is 0 Å². The standard InChI is InChI=1S/C12H17N3O2/c1-8-10(6-14-17-8)12(16)15-5-3-9-2-4-13-11(9)7-15/h6,9,11,13H,2-5,7H2,1H3. The molecule has 1 aromatic rings. The molecule has 5 nitrogen and oxygen atoms in total. The summed E-state index contributed by atoms with van der Waals surface area (Å²) in [7, 11) is 0. The normalized spacial score (nSPS) is 28.2. The Kier molecular flexibility index (Phi) is 2.63. The van der Waals surface area contributed by atoms with Gasteiger partial charge in [0.1, 0.15) is 11.3 Å². The molecule has 92 valence electrons. The second kappa shape index (κ2) is 4.14. The number of likely N-dealkylation sites (tertiary alicyclic amines) is 1. The summed E-state index contributed by atoms with van der Waals surface area (Å²) in [6, 6.07) is 0.480. The van der Waals surface area contributed by atoms with Crippen LogP contribution in [0.3, 0.4) is 0 Å². The number of carbonyl (C=O) groups excluding carboxylic acids is 1. The summed E-state index contributed by atoms with van der Waals surface area (Å²) in [4.78, 5) is 14.2.